The Kier molecular flexibility index (Phi) is 3.67. The zero-order valence-electron chi connectivity index (χ0n) is 10.5. The van der Waals surface area contributed by atoms with Crippen LogP contribution in [0.3, 0.4) is 0 Å². The highest BCUT2D eigenvalue weighted by Gasteiger charge is 2.26. The van der Waals surface area contributed by atoms with Gasteiger partial charge < -0.3 is 5.11 Å². The molecule has 0 aliphatic carbocycles. The van der Waals surface area contributed by atoms with Gasteiger partial charge in [-0.05, 0) is 43.0 Å². The molecule has 2 nitrogen and oxygen atoms in total. The molecule has 1 atom stereocenters. The maximum atomic E-state index is 13.2. The normalized spacial score (nSPS) is 21.3. The molecule has 1 aromatic rings. The number of aromatic hydroxyl groups is 1. The lowest BCUT2D eigenvalue weighted by molar-refractivity contribution is 0.198. The highest BCUT2D eigenvalue weighted by Crippen LogP contribution is 2.26. The first kappa shape index (κ1) is 12.4. The standard InChI is InChI=1S/C14H20FNO/c1-10(2)14-4-3-5-16(14)9-11-6-12(15)8-13(17)7-11/h6-8,10,14,17H,3-5,9H2,1-2H3. The minimum absolute atomic E-state index is 0.0142. The summed E-state index contributed by atoms with van der Waals surface area (Å²) in [5.74, 6) is 0.278. The largest absolute Gasteiger partial charge is 0.508 e. The van der Waals surface area contributed by atoms with Crippen LogP contribution in [0.25, 0.3) is 0 Å². The van der Waals surface area contributed by atoms with Crippen molar-refractivity contribution in [3.8, 4) is 5.75 Å². The number of halogens is 1. The number of phenolic OH excluding ortho intramolecular Hbond substituents is 1. The zero-order chi connectivity index (χ0) is 12.4. The van der Waals surface area contributed by atoms with Gasteiger partial charge in [-0.2, -0.15) is 0 Å². The summed E-state index contributed by atoms with van der Waals surface area (Å²) in [5.41, 5.74) is 0.857. The van der Waals surface area contributed by atoms with E-state index in [2.05, 4.69) is 18.7 Å². The Morgan fingerprint density at radius 2 is 2.18 bits per heavy atom. The molecule has 1 fully saturated rings. The van der Waals surface area contributed by atoms with Crippen LogP contribution in [0.5, 0.6) is 5.75 Å². The summed E-state index contributed by atoms with van der Waals surface area (Å²) < 4.78 is 13.2. The first-order valence-electron chi connectivity index (χ1n) is 6.29. The molecule has 0 radical (unpaired) electrons. The minimum atomic E-state index is -0.361. The number of phenols is 1. The van der Waals surface area contributed by atoms with Crippen LogP contribution in [0.4, 0.5) is 4.39 Å². The van der Waals surface area contributed by atoms with Crippen LogP contribution in [0.2, 0.25) is 0 Å². The highest BCUT2D eigenvalue weighted by molar-refractivity contribution is 5.28. The number of benzene rings is 1. The second-order valence-corrected chi connectivity index (χ2v) is 5.24. The zero-order valence-corrected chi connectivity index (χ0v) is 10.5. The van der Waals surface area contributed by atoms with E-state index >= 15 is 0 Å². The predicted octanol–water partition coefficient (Wildman–Crippen LogP) is 3.15. The van der Waals surface area contributed by atoms with Gasteiger partial charge in [-0.1, -0.05) is 13.8 Å². The van der Waals surface area contributed by atoms with Crippen LogP contribution in [0.15, 0.2) is 18.2 Å². The SMILES string of the molecule is CC(C)C1CCCN1Cc1cc(O)cc(F)c1. The van der Waals surface area contributed by atoms with E-state index in [-0.39, 0.29) is 11.6 Å². The molecule has 2 rings (SSSR count). The van der Waals surface area contributed by atoms with Gasteiger partial charge in [-0.15, -0.1) is 0 Å². The van der Waals surface area contributed by atoms with Crippen LogP contribution in [-0.4, -0.2) is 22.6 Å². The quantitative estimate of drug-likeness (QED) is 0.873. The molecule has 0 aromatic heterocycles. The average Bonchev–Trinajstić information content (AvgIpc) is 2.63. The molecule has 0 amide bonds. The Labute approximate surface area is 102 Å². The molecule has 1 aromatic carbocycles. The topological polar surface area (TPSA) is 23.5 Å². The predicted molar refractivity (Wildman–Crippen MR) is 66.3 cm³/mol. The summed E-state index contributed by atoms with van der Waals surface area (Å²) in [6, 6.07) is 4.89. The Morgan fingerprint density at radius 1 is 1.41 bits per heavy atom. The first-order valence-corrected chi connectivity index (χ1v) is 6.29. The molecule has 0 bridgehead atoms. The lowest BCUT2D eigenvalue weighted by Gasteiger charge is -2.27. The van der Waals surface area contributed by atoms with E-state index in [1.165, 1.54) is 18.9 Å². The van der Waals surface area contributed by atoms with Gasteiger partial charge in [0.15, 0.2) is 0 Å². The maximum absolute atomic E-state index is 13.2. The summed E-state index contributed by atoms with van der Waals surface area (Å²) in [5, 5.41) is 9.38. The Balaban J connectivity index is 2.09. The molecule has 1 aliphatic rings. The maximum Gasteiger partial charge on any atom is 0.127 e. The van der Waals surface area contributed by atoms with Gasteiger partial charge in [0.05, 0.1) is 0 Å². The summed E-state index contributed by atoms with van der Waals surface area (Å²) in [4.78, 5) is 2.39. The lowest BCUT2D eigenvalue weighted by atomic mass is 10.0. The average molecular weight is 237 g/mol. The van der Waals surface area contributed by atoms with Gasteiger partial charge in [-0.3, -0.25) is 4.90 Å². The highest BCUT2D eigenvalue weighted by atomic mass is 19.1. The van der Waals surface area contributed by atoms with Crippen molar-refractivity contribution in [1.82, 2.24) is 4.90 Å². The second-order valence-electron chi connectivity index (χ2n) is 5.24. The summed E-state index contributed by atoms with van der Waals surface area (Å²) >= 11 is 0. The lowest BCUT2D eigenvalue weighted by Crippen LogP contribution is -2.32. The van der Waals surface area contributed by atoms with Crippen molar-refractivity contribution in [2.75, 3.05) is 6.54 Å². The molecule has 0 saturated carbocycles. The van der Waals surface area contributed by atoms with Crippen LogP contribution >= 0.6 is 0 Å². The third kappa shape index (κ3) is 2.97. The summed E-state index contributed by atoms with van der Waals surface area (Å²) in [7, 11) is 0. The Morgan fingerprint density at radius 3 is 2.82 bits per heavy atom. The van der Waals surface area contributed by atoms with Crippen LogP contribution in [-0.2, 0) is 6.54 Å². The number of hydrogen-bond acceptors (Lipinski definition) is 2. The van der Waals surface area contributed by atoms with Crippen molar-refractivity contribution >= 4 is 0 Å². The monoisotopic (exact) mass is 237 g/mol. The molecule has 17 heavy (non-hydrogen) atoms. The van der Waals surface area contributed by atoms with Crippen molar-refractivity contribution in [1.29, 1.82) is 0 Å². The van der Waals surface area contributed by atoms with Gasteiger partial charge in [0.25, 0.3) is 0 Å². The molecular formula is C14H20FNO. The van der Waals surface area contributed by atoms with E-state index in [0.717, 1.165) is 24.7 Å². The molecule has 1 heterocycles. The first-order chi connectivity index (χ1) is 8.06. The molecule has 94 valence electrons. The fraction of sp³-hybridized carbons (Fsp3) is 0.571. The van der Waals surface area contributed by atoms with Crippen LogP contribution in [0, 0.1) is 11.7 Å². The third-order valence-corrected chi connectivity index (χ3v) is 3.51. The van der Waals surface area contributed by atoms with Gasteiger partial charge in [0.1, 0.15) is 11.6 Å². The van der Waals surface area contributed by atoms with Crippen LogP contribution in [0.1, 0.15) is 32.3 Å². The van der Waals surface area contributed by atoms with E-state index in [0.29, 0.717) is 12.0 Å². The van der Waals surface area contributed by atoms with E-state index in [1.54, 1.807) is 6.07 Å². The van der Waals surface area contributed by atoms with Crippen LogP contribution < -0.4 is 0 Å². The van der Waals surface area contributed by atoms with Gasteiger partial charge >= 0.3 is 0 Å². The number of nitrogens with zero attached hydrogens (tertiary/aromatic N) is 1. The van der Waals surface area contributed by atoms with Crippen molar-refractivity contribution in [3.05, 3.63) is 29.6 Å². The molecule has 1 aliphatic heterocycles. The van der Waals surface area contributed by atoms with E-state index in [9.17, 15) is 9.50 Å². The summed E-state index contributed by atoms with van der Waals surface area (Å²) in [6.45, 7) is 6.26. The second kappa shape index (κ2) is 5.05. The van der Waals surface area contributed by atoms with Crippen molar-refractivity contribution < 1.29 is 9.50 Å². The fourth-order valence-electron chi connectivity index (χ4n) is 2.76. The van der Waals surface area contributed by atoms with E-state index in [1.807, 2.05) is 0 Å². The molecule has 3 heteroatoms. The van der Waals surface area contributed by atoms with Gasteiger partial charge in [0, 0.05) is 18.7 Å². The minimum Gasteiger partial charge on any atom is -0.508 e. The molecular weight excluding hydrogens is 217 g/mol. The molecule has 1 unspecified atom stereocenters. The van der Waals surface area contributed by atoms with E-state index < -0.39 is 0 Å². The molecule has 0 spiro atoms. The van der Waals surface area contributed by atoms with Gasteiger partial charge in [-0.25, -0.2) is 4.39 Å². The smallest absolute Gasteiger partial charge is 0.127 e. The van der Waals surface area contributed by atoms with Crippen molar-refractivity contribution in [2.45, 2.75) is 39.3 Å². The Hall–Kier alpha value is -1.09. The molecule has 1 saturated heterocycles. The number of rotatable bonds is 3. The number of hydrogen-bond donors (Lipinski definition) is 1. The van der Waals surface area contributed by atoms with E-state index in [4.69, 9.17) is 0 Å². The third-order valence-electron chi connectivity index (χ3n) is 3.51. The van der Waals surface area contributed by atoms with Crippen molar-refractivity contribution in [2.24, 2.45) is 5.92 Å². The summed E-state index contributed by atoms with van der Waals surface area (Å²) in [6.07, 6.45) is 2.43. The molecule has 1 N–H and O–H groups in total. The number of likely N-dealkylation sites (tertiary alicyclic amines) is 1. The fourth-order valence-corrected chi connectivity index (χ4v) is 2.76. The van der Waals surface area contributed by atoms with Gasteiger partial charge in [0.2, 0.25) is 0 Å². The van der Waals surface area contributed by atoms with Crippen molar-refractivity contribution in [3.63, 3.8) is 0 Å². The Bertz CT molecular complexity index is 372.